The van der Waals surface area contributed by atoms with Crippen molar-refractivity contribution in [1.29, 1.82) is 0 Å². The summed E-state index contributed by atoms with van der Waals surface area (Å²) in [6, 6.07) is 69.5. The van der Waals surface area contributed by atoms with Crippen molar-refractivity contribution >= 4 is 109 Å². The predicted molar refractivity (Wildman–Crippen MR) is 263 cm³/mol. The van der Waals surface area contributed by atoms with Crippen LogP contribution in [0.5, 0.6) is 0 Å². The van der Waals surface area contributed by atoms with Crippen LogP contribution < -0.4 is 0 Å². The van der Waals surface area contributed by atoms with E-state index in [-0.39, 0.29) is 0 Å². The summed E-state index contributed by atoms with van der Waals surface area (Å²) in [6.07, 6.45) is 0. The van der Waals surface area contributed by atoms with E-state index in [2.05, 4.69) is 215 Å². The number of nitrogens with zero attached hydrogens (tertiary/aromatic N) is 3. The molecule has 284 valence electrons. The SMILES string of the molecule is Ic1c(-c2ccc3ccccc3c2)nc(-c2ccc3ccccc3c2)nc1-c1ccc2oc3ccccc3c2c1-n1c2cc3ccccc3cc2c2c3ccccc3ccc21. The summed E-state index contributed by atoms with van der Waals surface area (Å²) < 4.78 is 10.2. The van der Waals surface area contributed by atoms with Gasteiger partial charge in [-0.1, -0.05) is 146 Å². The van der Waals surface area contributed by atoms with Crippen molar-refractivity contribution in [2.24, 2.45) is 0 Å². The van der Waals surface area contributed by atoms with Crippen LogP contribution in [0.25, 0.3) is 126 Å². The quantitative estimate of drug-likeness (QED) is 0.165. The molecule has 10 aromatic carbocycles. The maximum Gasteiger partial charge on any atom is 0.160 e. The molecule has 0 aliphatic heterocycles. The first kappa shape index (κ1) is 34.5. The first-order chi connectivity index (χ1) is 30.1. The van der Waals surface area contributed by atoms with Crippen molar-refractivity contribution in [2.45, 2.75) is 0 Å². The number of benzene rings is 10. The molecule has 0 amide bonds. The summed E-state index contributed by atoms with van der Waals surface area (Å²) in [5.74, 6) is 0.673. The van der Waals surface area contributed by atoms with Gasteiger partial charge in [-0.3, -0.25) is 0 Å². The Hall–Kier alpha value is -7.35. The maximum atomic E-state index is 6.70. The van der Waals surface area contributed by atoms with E-state index in [1.807, 2.05) is 6.07 Å². The van der Waals surface area contributed by atoms with E-state index in [0.717, 1.165) is 75.7 Å². The zero-order valence-corrected chi connectivity index (χ0v) is 34.8. The second-order valence-corrected chi connectivity index (χ2v) is 16.9. The highest BCUT2D eigenvalue weighted by atomic mass is 127. The predicted octanol–water partition coefficient (Wildman–Crippen LogP) is 15.7. The van der Waals surface area contributed by atoms with Crippen LogP contribution >= 0.6 is 22.6 Å². The first-order valence-electron chi connectivity index (χ1n) is 20.5. The highest BCUT2D eigenvalue weighted by Gasteiger charge is 2.26. The maximum absolute atomic E-state index is 6.70. The van der Waals surface area contributed by atoms with E-state index in [1.165, 1.54) is 48.5 Å². The van der Waals surface area contributed by atoms with Crippen LogP contribution in [0, 0.1) is 3.57 Å². The third kappa shape index (κ3) is 5.30. The molecule has 0 saturated carbocycles. The third-order valence-corrected chi connectivity index (χ3v) is 13.4. The van der Waals surface area contributed by atoms with Gasteiger partial charge >= 0.3 is 0 Å². The van der Waals surface area contributed by atoms with Crippen LogP contribution in [0.2, 0.25) is 0 Å². The van der Waals surface area contributed by atoms with Gasteiger partial charge in [-0.2, -0.15) is 0 Å². The molecule has 3 aromatic heterocycles. The molecule has 0 saturated heterocycles. The fraction of sp³-hybridized carbons (Fsp3) is 0. The minimum absolute atomic E-state index is 0.673. The molecule has 5 heteroatoms. The van der Waals surface area contributed by atoms with Gasteiger partial charge in [-0.25, -0.2) is 9.97 Å². The van der Waals surface area contributed by atoms with Crippen LogP contribution in [-0.4, -0.2) is 14.5 Å². The molecule has 0 fully saturated rings. The minimum atomic E-state index is 0.673. The molecule has 13 aromatic rings. The Bertz CT molecular complexity index is 3970. The fourth-order valence-corrected chi connectivity index (χ4v) is 10.4. The van der Waals surface area contributed by atoms with Gasteiger partial charge in [-0.05, 0) is 114 Å². The molecule has 0 radical (unpaired) electrons. The third-order valence-electron chi connectivity index (χ3n) is 12.4. The normalized spacial score (nSPS) is 12.0. The summed E-state index contributed by atoms with van der Waals surface area (Å²) in [7, 11) is 0. The van der Waals surface area contributed by atoms with Gasteiger partial charge in [0.05, 0.1) is 37.1 Å². The Labute approximate surface area is 363 Å². The second-order valence-electron chi connectivity index (χ2n) is 15.8. The zero-order valence-electron chi connectivity index (χ0n) is 32.6. The first-order valence-corrected chi connectivity index (χ1v) is 21.6. The molecule has 0 spiro atoms. The Balaban J connectivity index is 1.20. The fourth-order valence-electron chi connectivity index (χ4n) is 9.55. The molecule has 0 atom stereocenters. The van der Waals surface area contributed by atoms with Crippen molar-refractivity contribution in [3.63, 3.8) is 0 Å². The number of fused-ring (bicyclic) bond motifs is 11. The van der Waals surface area contributed by atoms with Crippen molar-refractivity contribution in [2.75, 3.05) is 0 Å². The van der Waals surface area contributed by atoms with Crippen molar-refractivity contribution in [3.8, 4) is 39.6 Å². The van der Waals surface area contributed by atoms with Gasteiger partial charge in [-0.15, -0.1) is 0 Å². The lowest BCUT2D eigenvalue weighted by Crippen LogP contribution is -2.04. The number of rotatable bonds is 4. The molecule has 3 heterocycles. The van der Waals surface area contributed by atoms with Crippen LogP contribution in [0.15, 0.2) is 199 Å². The van der Waals surface area contributed by atoms with Crippen molar-refractivity contribution in [1.82, 2.24) is 14.5 Å². The monoisotopic (exact) mass is 889 g/mol. The molecule has 0 bridgehead atoms. The summed E-state index contributed by atoms with van der Waals surface area (Å²) in [4.78, 5) is 11.0. The van der Waals surface area contributed by atoms with Gasteiger partial charge < -0.3 is 8.98 Å². The Kier molecular flexibility index (Phi) is 7.54. The lowest BCUT2D eigenvalue weighted by atomic mass is 9.99. The Morgan fingerprint density at radius 2 is 0.967 bits per heavy atom. The largest absolute Gasteiger partial charge is 0.456 e. The van der Waals surface area contributed by atoms with Crippen molar-refractivity contribution < 1.29 is 4.42 Å². The minimum Gasteiger partial charge on any atom is -0.456 e. The molecule has 0 N–H and O–H groups in total. The Morgan fingerprint density at radius 3 is 1.72 bits per heavy atom. The summed E-state index contributed by atoms with van der Waals surface area (Å²) in [6.45, 7) is 0. The van der Waals surface area contributed by atoms with E-state index in [4.69, 9.17) is 14.4 Å². The lowest BCUT2D eigenvalue weighted by molar-refractivity contribution is 0.669. The summed E-state index contributed by atoms with van der Waals surface area (Å²) >= 11 is 2.50. The molecule has 0 aliphatic carbocycles. The highest BCUT2D eigenvalue weighted by Crippen LogP contribution is 2.47. The average molecular weight is 890 g/mol. The lowest BCUT2D eigenvalue weighted by Gasteiger charge is -2.18. The highest BCUT2D eigenvalue weighted by molar-refractivity contribution is 14.1. The van der Waals surface area contributed by atoms with Crippen LogP contribution in [-0.2, 0) is 0 Å². The van der Waals surface area contributed by atoms with Crippen LogP contribution in [0.4, 0.5) is 0 Å². The molecular formula is C56H32IN3O. The van der Waals surface area contributed by atoms with E-state index in [9.17, 15) is 0 Å². The molecule has 13 rings (SSSR count). The zero-order chi connectivity index (χ0) is 40.2. The standard InChI is InChI=1S/C56H32IN3O/c57-52-53(40-23-21-33-11-1-3-14-36(33)29-40)58-56(41-24-22-34-12-2-4-15-37(34)30-41)59-54(52)44-26-28-49-51(43-19-9-10-20-48(43)61-49)55(44)60-46-27-25-35-13-7-8-18-42(35)50(46)45-31-38-16-5-6-17-39(38)32-47(45)60/h1-32H. The smallest absolute Gasteiger partial charge is 0.160 e. The number of aromatic nitrogens is 3. The van der Waals surface area contributed by atoms with Gasteiger partial charge in [0.15, 0.2) is 5.82 Å². The Morgan fingerprint density at radius 1 is 0.393 bits per heavy atom. The topological polar surface area (TPSA) is 43.9 Å². The van der Waals surface area contributed by atoms with Crippen LogP contribution in [0.1, 0.15) is 0 Å². The molecular weight excluding hydrogens is 858 g/mol. The van der Waals surface area contributed by atoms with Gasteiger partial charge in [0.2, 0.25) is 0 Å². The van der Waals surface area contributed by atoms with Gasteiger partial charge in [0.25, 0.3) is 0 Å². The van der Waals surface area contributed by atoms with E-state index >= 15 is 0 Å². The van der Waals surface area contributed by atoms with E-state index in [0.29, 0.717) is 5.82 Å². The van der Waals surface area contributed by atoms with Gasteiger partial charge in [0, 0.05) is 32.8 Å². The van der Waals surface area contributed by atoms with Gasteiger partial charge in [0.1, 0.15) is 11.2 Å². The van der Waals surface area contributed by atoms with Crippen LogP contribution in [0.3, 0.4) is 0 Å². The number of para-hydroxylation sites is 1. The second kappa shape index (κ2) is 13.3. The molecule has 61 heavy (non-hydrogen) atoms. The molecule has 0 aliphatic rings. The number of hydrogen-bond donors (Lipinski definition) is 0. The average Bonchev–Trinajstić information content (AvgIpc) is 3.86. The van der Waals surface area contributed by atoms with E-state index in [1.54, 1.807) is 0 Å². The summed E-state index contributed by atoms with van der Waals surface area (Å²) in [5, 5.41) is 14.0. The summed E-state index contributed by atoms with van der Waals surface area (Å²) in [5.41, 5.74) is 9.69. The van der Waals surface area contributed by atoms with Crippen molar-refractivity contribution in [3.05, 3.63) is 198 Å². The number of hydrogen-bond acceptors (Lipinski definition) is 3. The molecule has 0 unspecified atom stereocenters. The number of furan rings is 1. The molecule has 4 nitrogen and oxygen atoms in total. The number of halogens is 1. The van der Waals surface area contributed by atoms with E-state index < -0.39 is 0 Å².